The quantitative estimate of drug-likeness (QED) is 0.820. The molecule has 1 aromatic heterocycles. The van der Waals surface area contributed by atoms with Gasteiger partial charge in [0.2, 0.25) is 0 Å². The van der Waals surface area contributed by atoms with Gasteiger partial charge in [0.15, 0.2) is 0 Å². The second-order valence-corrected chi connectivity index (χ2v) is 8.10. The van der Waals surface area contributed by atoms with Crippen LogP contribution in [0.2, 0.25) is 0 Å². The van der Waals surface area contributed by atoms with E-state index in [1.54, 1.807) is 23.5 Å². The lowest BCUT2D eigenvalue weighted by Crippen LogP contribution is -2.41. The predicted molar refractivity (Wildman–Crippen MR) is 107 cm³/mol. The highest BCUT2D eigenvalue weighted by Gasteiger charge is 2.29. The summed E-state index contributed by atoms with van der Waals surface area (Å²) in [6.45, 7) is 2.36. The molecule has 1 saturated heterocycles. The van der Waals surface area contributed by atoms with Crippen LogP contribution in [0, 0.1) is 0 Å². The van der Waals surface area contributed by atoms with Crippen LogP contribution in [0.4, 0.5) is 5.00 Å². The number of ether oxygens (including phenoxy) is 1. The number of anilines is 1. The highest BCUT2D eigenvalue weighted by Crippen LogP contribution is 2.38. The number of rotatable bonds is 3. The van der Waals surface area contributed by atoms with Gasteiger partial charge in [0, 0.05) is 23.5 Å². The van der Waals surface area contributed by atoms with Crippen molar-refractivity contribution in [2.45, 2.75) is 32.1 Å². The SMILES string of the molecule is O=C(Nc1sc2c(c1C(=O)N1CCOCC1)CCCCC2)c1ccccc1. The number of fused-ring (bicyclic) bond motifs is 1. The first-order chi connectivity index (χ1) is 13.2. The van der Waals surface area contributed by atoms with E-state index in [0.717, 1.165) is 31.2 Å². The van der Waals surface area contributed by atoms with Crippen molar-refractivity contribution in [2.24, 2.45) is 0 Å². The Hall–Kier alpha value is -2.18. The number of nitrogens with one attached hydrogen (secondary N) is 1. The maximum Gasteiger partial charge on any atom is 0.257 e. The fraction of sp³-hybridized carbons (Fsp3) is 0.429. The zero-order valence-electron chi connectivity index (χ0n) is 15.3. The van der Waals surface area contributed by atoms with Crippen LogP contribution >= 0.6 is 11.3 Å². The van der Waals surface area contributed by atoms with Crippen molar-refractivity contribution in [3.05, 3.63) is 51.9 Å². The lowest BCUT2D eigenvalue weighted by atomic mass is 10.0. The van der Waals surface area contributed by atoms with Gasteiger partial charge >= 0.3 is 0 Å². The van der Waals surface area contributed by atoms with Gasteiger partial charge in [0.05, 0.1) is 18.8 Å². The second-order valence-electron chi connectivity index (χ2n) is 6.99. The number of hydrogen-bond donors (Lipinski definition) is 1. The van der Waals surface area contributed by atoms with E-state index < -0.39 is 0 Å². The molecule has 6 heteroatoms. The molecule has 0 unspecified atom stereocenters. The largest absolute Gasteiger partial charge is 0.378 e. The molecule has 4 rings (SSSR count). The number of carbonyl (C=O) groups excluding carboxylic acids is 2. The van der Waals surface area contributed by atoms with Gasteiger partial charge in [-0.25, -0.2) is 0 Å². The van der Waals surface area contributed by atoms with Crippen molar-refractivity contribution in [2.75, 3.05) is 31.6 Å². The number of carbonyl (C=O) groups is 2. The molecule has 1 aliphatic carbocycles. The van der Waals surface area contributed by atoms with Crippen LogP contribution in [0.1, 0.15) is 50.4 Å². The zero-order valence-corrected chi connectivity index (χ0v) is 16.1. The fourth-order valence-corrected chi connectivity index (χ4v) is 5.02. The van der Waals surface area contributed by atoms with Crippen molar-refractivity contribution in [1.82, 2.24) is 4.90 Å². The van der Waals surface area contributed by atoms with Gasteiger partial charge in [-0.05, 0) is 43.4 Å². The summed E-state index contributed by atoms with van der Waals surface area (Å²) in [5.41, 5.74) is 2.46. The summed E-state index contributed by atoms with van der Waals surface area (Å²) < 4.78 is 5.39. The van der Waals surface area contributed by atoms with Crippen molar-refractivity contribution in [3.63, 3.8) is 0 Å². The summed E-state index contributed by atoms with van der Waals surface area (Å²) in [5.74, 6) is -0.135. The predicted octanol–water partition coefficient (Wildman–Crippen LogP) is 3.74. The monoisotopic (exact) mass is 384 g/mol. The minimum atomic E-state index is -0.164. The molecule has 2 heterocycles. The standard InChI is InChI=1S/C21H24N2O3S/c24-19(15-7-3-1-4-8-15)22-20-18(21(25)23-11-13-26-14-12-23)16-9-5-2-6-10-17(16)27-20/h1,3-4,7-8H,2,5-6,9-14H2,(H,22,24). The average Bonchev–Trinajstić information content (AvgIpc) is 2.89. The lowest BCUT2D eigenvalue weighted by molar-refractivity contribution is 0.0303. The van der Waals surface area contributed by atoms with E-state index in [9.17, 15) is 9.59 Å². The van der Waals surface area contributed by atoms with Crippen LogP contribution < -0.4 is 5.32 Å². The summed E-state index contributed by atoms with van der Waals surface area (Å²) in [5, 5.41) is 3.73. The lowest BCUT2D eigenvalue weighted by Gasteiger charge is -2.27. The number of morpholine rings is 1. The molecule has 2 amide bonds. The van der Waals surface area contributed by atoms with Crippen molar-refractivity contribution < 1.29 is 14.3 Å². The molecule has 1 aliphatic heterocycles. The molecule has 0 spiro atoms. The van der Waals surface area contributed by atoms with E-state index in [4.69, 9.17) is 4.74 Å². The van der Waals surface area contributed by atoms with Crippen LogP contribution in [0.15, 0.2) is 30.3 Å². The first-order valence-corrected chi connectivity index (χ1v) is 10.4. The normalized spacial score (nSPS) is 17.1. The second kappa shape index (κ2) is 8.23. The van der Waals surface area contributed by atoms with E-state index in [1.165, 1.54) is 11.3 Å². The summed E-state index contributed by atoms with van der Waals surface area (Å²) in [7, 11) is 0. The molecule has 2 aliphatic rings. The molecule has 1 N–H and O–H groups in total. The third-order valence-electron chi connectivity index (χ3n) is 5.20. The Kier molecular flexibility index (Phi) is 5.55. The number of aryl methyl sites for hydroxylation is 1. The Balaban J connectivity index is 1.67. The summed E-state index contributed by atoms with van der Waals surface area (Å²) in [4.78, 5) is 29.1. The van der Waals surface area contributed by atoms with Gasteiger partial charge in [0.1, 0.15) is 5.00 Å². The van der Waals surface area contributed by atoms with Gasteiger partial charge < -0.3 is 15.0 Å². The fourth-order valence-electron chi connectivity index (χ4n) is 3.75. The molecule has 1 aromatic carbocycles. The number of hydrogen-bond acceptors (Lipinski definition) is 4. The van der Waals surface area contributed by atoms with Crippen LogP contribution in [0.25, 0.3) is 0 Å². The maximum atomic E-state index is 13.3. The van der Waals surface area contributed by atoms with Crippen LogP contribution in [-0.2, 0) is 17.6 Å². The van der Waals surface area contributed by atoms with Crippen molar-refractivity contribution in [3.8, 4) is 0 Å². The van der Waals surface area contributed by atoms with E-state index in [-0.39, 0.29) is 11.8 Å². The summed E-state index contributed by atoms with van der Waals surface area (Å²) >= 11 is 1.58. The van der Waals surface area contributed by atoms with Crippen LogP contribution in [0.5, 0.6) is 0 Å². The first-order valence-electron chi connectivity index (χ1n) is 9.62. The van der Waals surface area contributed by atoms with Gasteiger partial charge in [0.25, 0.3) is 11.8 Å². The zero-order chi connectivity index (χ0) is 18.6. The van der Waals surface area contributed by atoms with Gasteiger partial charge in [-0.1, -0.05) is 24.6 Å². The highest BCUT2D eigenvalue weighted by atomic mass is 32.1. The Labute approximate surface area is 163 Å². The minimum Gasteiger partial charge on any atom is -0.378 e. The molecular weight excluding hydrogens is 360 g/mol. The molecule has 142 valence electrons. The van der Waals surface area contributed by atoms with E-state index in [2.05, 4.69) is 5.32 Å². The van der Waals surface area contributed by atoms with E-state index >= 15 is 0 Å². The van der Waals surface area contributed by atoms with Gasteiger partial charge in [-0.3, -0.25) is 9.59 Å². The minimum absolute atomic E-state index is 0.0288. The molecule has 27 heavy (non-hydrogen) atoms. The first kappa shape index (κ1) is 18.2. The van der Waals surface area contributed by atoms with Gasteiger partial charge in [-0.2, -0.15) is 0 Å². The highest BCUT2D eigenvalue weighted by molar-refractivity contribution is 7.17. The third kappa shape index (κ3) is 3.92. The molecule has 0 atom stereocenters. The Morgan fingerprint density at radius 2 is 1.74 bits per heavy atom. The van der Waals surface area contributed by atoms with Crippen LogP contribution in [-0.4, -0.2) is 43.0 Å². The van der Waals surface area contributed by atoms with Gasteiger partial charge in [-0.15, -0.1) is 11.3 Å². The summed E-state index contributed by atoms with van der Waals surface area (Å²) in [6, 6.07) is 9.16. The molecule has 1 fully saturated rings. The molecule has 0 bridgehead atoms. The number of amides is 2. The smallest absolute Gasteiger partial charge is 0.257 e. The Bertz CT molecular complexity index is 825. The Morgan fingerprint density at radius 1 is 1.00 bits per heavy atom. The Morgan fingerprint density at radius 3 is 2.52 bits per heavy atom. The third-order valence-corrected chi connectivity index (χ3v) is 6.40. The number of thiophene rings is 1. The van der Waals surface area contributed by atoms with Crippen molar-refractivity contribution >= 4 is 28.2 Å². The topological polar surface area (TPSA) is 58.6 Å². The average molecular weight is 385 g/mol. The molecule has 2 aromatic rings. The number of nitrogens with zero attached hydrogens (tertiary/aromatic N) is 1. The number of benzene rings is 1. The van der Waals surface area contributed by atoms with E-state index in [0.29, 0.717) is 42.4 Å². The molecule has 5 nitrogen and oxygen atoms in total. The van der Waals surface area contributed by atoms with E-state index in [1.807, 2.05) is 23.1 Å². The van der Waals surface area contributed by atoms with Crippen LogP contribution in [0.3, 0.4) is 0 Å². The van der Waals surface area contributed by atoms with Crippen molar-refractivity contribution in [1.29, 1.82) is 0 Å². The molecular formula is C21H24N2O3S. The summed E-state index contributed by atoms with van der Waals surface area (Å²) in [6.07, 6.45) is 5.34. The maximum absolute atomic E-state index is 13.3. The molecule has 0 radical (unpaired) electrons. The molecule has 0 saturated carbocycles.